The number of aromatic nitrogens is 2. The molecule has 12 rings (SSSR count). The van der Waals surface area contributed by atoms with Crippen LogP contribution in [-0.2, 0) is 9.94 Å². The number of rotatable bonds is 4. The molecule has 1 aliphatic carbocycles. The van der Waals surface area contributed by atoms with E-state index in [0.29, 0.717) is 0 Å². The zero-order valence-electron chi connectivity index (χ0n) is 30.2. The second-order valence-electron chi connectivity index (χ2n) is 14.9. The van der Waals surface area contributed by atoms with E-state index in [1.54, 1.807) is 0 Å². The minimum absolute atomic E-state index is 0.531. The molecule has 0 saturated heterocycles. The maximum atomic E-state index is 6.71. The number of fused-ring (bicyclic) bond motifs is 12. The monoisotopic (exact) mass is 722 g/mol. The molecule has 3 nitrogen and oxygen atoms in total. The van der Waals surface area contributed by atoms with E-state index in [1.165, 1.54) is 82.8 Å². The van der Waals surface area contributed by atoms with Crippen molar-refractivity contribution in [2.75, 3.05) is 7.11 Å². The summed E-state index contributed by atoms with van der Waals surface area (Å²) in [5, 5.41) is 3.90. The molecule has 0 saturated carbocycles. The van der Waals surface area contributed by atoms with E-state index in [0.717, 1.165) is 16.9 Å². The standard InChI is InChI=1S/C51H35N2OP/c1-54-55(36-17-6-3-7-18-36)47-26-13-9-20-39(47)40-31-34(28-30-48(40)55)35-27-29-38-37-19-8-10-21-41(37)51(44(38)32-35)42-22-11-12-25-46(42)53-49-43(51)23-14-24-45(49)52-50(53)33-15-4-2-5-16-33/h2-32,55H,1H3. The SMILES string of the molecule is CO[PH]1(c2ccccc2)c2ccccc2-c2cc(-c3ccc4c(c3)C3(c5ccccc5-4)c4ccccc4-n4c(-c5ccccc5)nc5cccc3c54)ccc21. The first-order valence-corrected chi connectivity index (χ1v) is 20.9. The second-order valence-corrected chi connectivity index (χ2v) is 18.4. The summed E-state index contributed by atoms with van der Waals surface area (Å²) in [6, 6.07) is 69.3. The summed E-state index contributed by atoms with van der Waals surface area (Å²) in [4.78, 5) is 5.33. The Morgan fingerprint density at radius 1 is 0.473 bits per heavy atom. The number of benzene rings is 8. The average Bonchev–Trinajstić information content (AvgIpc) is 3.89. The zero-order valence-corrected chi connectivity index (χ0v) is 31.2. The number of nitrogens with zero attached hydrogens (tertiary/aromatic N) is 2. The van der Waals surface area contributed by atoms with Crippen molar-refractivity contribution in [3.63, 3.8) is 0 Å². The van der Waals surface area contributed by atoms with Gasteiger partial charge in [0.05, 0.1) is 0 Å². The van der Waals surface area contributed by atoms with Crippen LogP contribution in [0, 0.1) is 0 Å². The Kier molecular flexibility index (Phi) is 6.38. The van der Waals surface area contributed by atoms with Crippen LogP contribution in [0.25, 0.3) is 61.5 Å². The van der Waals surface area contributed by atoms with Crippen molar-refractivity contribution < 1.29 is 4.52 Å². The predicted molar refractivity (Wildman–Crippen MR) is 229 cm³/mol. The predicted octanol–water partition coefficient (Wildman–Crippen LogP) is 10.6. The third-order valence-electron chi connectivity index (χ3n) is 12.5. The van der Waals surface area contributed by atoms with Gasteiger partial charge in [-0.05, 0) is 0 Å². The van der Waals surface area contributed by atoms with E-state index in [2.05, 4.69) is 193 Å². The molecule has 1 aromatic heterocycles. The summed E-state index contributed by atoms with van der Waals surface area (Å²) < 4.78 is 9.11. The van der Waals surface area contributed by atoms with E-state index >= 15 is 0 Å². The number of hydrogen-bond donors (Lipinski definition) is 0. The fraction of sp³-hybridized carbons (Fsp3) is 0.0392. The van der Waals surface area contributed by atoms with E-state index in [4.69, 9.17) is 9.51 Å². The van der Waals surface area contributed by atoms with Gasteiger partial charge in [0.25, 0.3) is 0 Å². The molecule has 1 unspecified atom stereocenters. The number of hydrogen-bond acceptors (Lipinski definition) is 2. The van der Waals surface area contributed by atoms with Gasteiger partial charge in [0, 0.05) is 5.56 Å². The Bertz CT molecular complexity index is 3040. The Labute approximate surface area is 320 Å². The van der Waals surface area contributed by atoms with Gasteiger partial charge in [0.1, 0.15) is 0 Å². The molecule has 9 aromatic rings. The van der Waals surface area contributed by atoms with Crippen LogP contribution in [0.3, 0.4) is 0 Å². The molecule has 8 aromatic carbocycles. The van der Waals surface area contributed by atoms with Gasteiger partial charge >= 0.3 is 286 Å². The van der Waals surface area contributed by atoms with Gasteiger partial charge in [0.2, 0.25) is 0 Å². The molecule has 1 spiro atoms. The molecule has 0 N–H and O–H groups in total. The fourth-order valence-corrected chi connectivity index (χ4v) is 14.4. The number of para-hydroxylation sites is 2. The minimum atomic E-state index is -2.67. The Morgan fingerprint density at radius 3 is 1.95 bits per heavy atom. The summed E-state index contributed by atoms with van der Waals surface area (Å²) in [6.07, 6.45) is 0. The Hall–Kier alpha value is -6.38. The molecule has 1 atom stereocenters. The molecule has 0 fully saturated rings. The van der Waals surface area contributed by atoms with Crippen molar-refractivity contribution in [2.45, 2.75) is 5.41 Å². The van der Waals surface area contributed by atoms with Crippen LogP contribution < -0.4 is 15.9 Å². The molecule has 0 radical (unpaired) electrons. The van der Waals surface area contributed by atoms with Gasteiger partial charge in [0.15, 0.2) is 0 Å². The summed E-state index contributed by atoms with van der Waals surface area (Å²) in [5.41, 5.74) is 16.6. The van der Waals surface area contributed by atoms with Gasteiger partial charge in [-0.3, -0.25) is 0 Å². The number of imidazole rings is 1. The van der Waals surface area contributed by atoms with Crippen LogP contribution in [0.2, 0.25) is 0 Å². The topological polar surface area (TPSA) is 27.1 Å². The van der Waals surface area contributed by atoms with Crippen LogP contribution in [0.15, 0.2) is 188 Å². The van der Waals surface area contributed by atoms with Gasteiger partial charge < -0.3 is 0 Å². The van der Waals surface area contributed by atoms with E-state index in [9.17, 15) is 0 Å². The van der Waals surface area contributed by atoms with Gasteiger partial charge in [-0.2, -0.15) is 0 Å². The van der Waals surface area contributed by atoms with Crippen LogP contribution >= 0.6 is 7.49 Å². The molecular weight excluding hydrogens is 688 g/mol. The first-order valence-electron chi connectivity index (χ1n) is 19.0. The van der Waals surface area contributed by atoms with Crippen molar-refractivity contribution in [1.82, 2.24) is 9.55 Å². The van der Waals surface area contributed by atoms with E-state index in [1.807, 2.05) is 7.11 Å². The van der Waals surface area contributed by atoms with Gasteiger partial charge in [-0.25, -0.2) is 0 Å². The summed E-state index contributed by atoms with van der Waals surface area (Å²) in [6.45, 7) is 0. The third-order valence-corrected chi connectivity index (χ3v) is 16.7. The molecule has 0 bridgehead atoms. The van der Waals surface area contributed by atoms with Crippen molar-refractivity contribution in [2.24, 2.45) is 0 Å². The first kappa shape index (κ1) is 31.0. The molecule has 260 valence electrons. The molecular formula is C51H35N2OP. The Balaban J connectivity index is 1.12. The molecule has 2 aliphatic heterocycles. The second kappa shape index (κ2) is 11.3. The maximum absolute atomic E-state index is 6.71. The molecule has 3 aliphatic rings. The Morgan fingerprint density at radius 2 is 1.11 bits per heavy atom. The summed E-state index contributed by atoms with van der Waals surface area (Å²) in [7, 11) is -0.774. The summed E-state index contributed by atoms with van der Waals surface area (Å²) >= 11 is 0. The van der Waals surface area contributed by atoms with Crippen LogP contribution in [0.1, 0.15) is 22.3 Å². The first-order chi connectivity index (χ1) is 27.2. The van der Waals surface area contributed by atoms with Gasteiger partial charge in [-0.1, -0.05) is 30.3 Å². The quantitative estimate of drug-likeness (QED) is 0.169. The molecule has 3 heterocycles. The molecule has 55 heavy (non-hydrogen) atoms. The third kappa shape index (κ3) is 3.89. The normalized spacial score (nSPS) is 17.0. The molecule has 4 heteroatoms. The van der Waals surface area contributed by atoms with Crippen LogP contribution in [0.4, 0.5) is 0 Å². The van der Waals surface area contributed by atoms with Crippen molar-refractivity contribution in [3.8, 4) is 50.5 Å². The van der Waals surface area contributed by atoms with Crippen molar-refractivity contribution in [3.05, 3.63) is 210 Å². The van der Waals surface area contributed by atoms with Crippen LogP contribution in [0.5, 0.6) is 0 Å². The van der Waals surface area contributed by atoms with E-state index < -0.39 is 12.9 Å². The average molecular weight is 723 g/mol. The summed E-state index contributed by atoms with van der Waals surface area (Å²) in [5.74, 6) is 0.968. The van der Waals surface area contributed by atoms with Crippen LogP contribution in [-0.4, -0.2) is 16.7 Å². The van der Waals surface area contributed by atoms with Gasteiger partial charge in [-0.15, -0.1) is 0 Å². The zero-order chi connectivity index (χ0) is 36.3. The fourth-order valence-electron chi connectivity index (χ4n) is 10.4. The van der Waals surface area contributed by atoms with E-state index in [-0.39, 0.29) is 0 Å². The van der Waals surface area contributed by atoms with Crippen molar-refractivity contribution in [1.29, 1.82) is 0 Å². The van der Waals surface area contributed by atoms with Crippen molar-refractivity contribution >= 4 is 34.4 Å². The molecule has 0 amide bonds.